The molecule has 0 unspecified atom stereocenters. The van der Waals surface area contributed by atoms with Gasteiger partial charge in [-0.25, -0.2) is 0 Å². The first-order valence-corrected chi connectivity index (χ1v) is 24.1. The fraction of sp³-hybridized carbons (Fsp3) is 0. The maximum absolute atomic E-state index is 2.47. The molecule has 0 aliphatic carbocycles. The highest BCUT2D eigenvalue weighted by Crippen LogP contribution is 2.46. The summed E-state index contributed by atoms with van der Waals surface area (Å²) >= 11 is 1.90. The zero-order chi connectivity index (χ0) is 44.7. The number of rotatable bonds is 7. The highest BCUT2D eigenvalue weighted by molar-refractivity contribution is 7.25. The van der Waals surface area contributed by atoms with Crippen LogP contribution in [0.2, 0.25) is 0 Å². The highest BCUT2D eigenvalue weighted by atomic mass is 32.1. The lowest BCUT2D eigenvalue weighted by Crippen LogP contribution is -2.10. The predicted molar refractivity (Wildman–Crippen MR) is 291 cm³/mol. The molecule has 0 bridgehead atoms. The Kier molecular flexibility index (Phi) is 8.76. The second-order valence-corrected chi connectivity index (χ2v) is 18.7. The number of nitrogens with zero attached hydrogens (tertiary/aromatic N) is 3. The van der Waals surface area contributed by atoms with Gasteiger partial charge in [0.2, 0.25) is 0 Å². The standard InChI is InChI=1S/C64H41N3S/c1-3-15-42(16-4-1)43-31-34-48(35-32-43)65(49-19-13-20-50(41-49)66-58-25-10-7-21-55(58)56-22-8-11-26-59(56)66)51-36-38-53-47(40-51)30-29-45-39-46(33-37-52(45)53)54-24-14-28-61-63(54)68-64-62(44-17-5-2-6-18-44)57-23-9-12-27-60(57)67(61)64/h1-41H. The molecule has 0 N–H and O–H groups in total. The Morgan fingerprint density at radius 1 is 0.324 bits per heavy atom. The van der Waals surface area contributed by atoms with E-state index >= 15 is 0 Å². The third-order valence-electron chi connectivity index (χ3n) is 13.9. The lowest BCUT2D eigenvalue weighted by atomic mass is 9.97. The van der Waals surface area contributed by atoms with Gasteiger partial charge in [-0.05, 0) is 117 Å². The van der Waals surface area contributed by atoms with Crippen molar-refractivity contribution in [1.29, 1.82) is 0 Å². The number of aromatic nitrogens is 2. The molecule has 11 aromatic carbocycles. The molecule has 0 saturated heterocycles. The van der Waals surface area contributed by atoms with Crippen molar-refractivity contribution in [2.45, 2.75) is 0 Å². The molecule has 0 saturated carbocycles. The second kappa shape index (κ2) is 15.5. The van der Waals surface area contributed by atoms with E-state index in [1.807, 2.05) is 11.3 Å². The molecule has 0 aliphatic rings. The van der Waals surface area contributed by atoms with E-state index in [1.54, 1.807) is 0 Å². The van der Waals surface area contributed by atoms with Crippen LogP contribution in [0.15, 0.2) is 249 Å². The van der Waals surface area contributed by atoms with Crippen LogP contribution in [0.1, 0.15) is 0 Å². The third-order valence-corrected chi connectivity index (χ3v) is 15.1. The minimum atomic E-state index is 1.09. The average Bonchev–Trinajstić information content (AvgIpc) is 4.06. The molecule has 0 atom stereocenters. The van der Waals surface area contributed by atoms with Crippen LogP contribution in [-0.4, -0.2) is 8.97 Å². The van der Waals surface area contributed by atoms with Crippen LogP contribution in [0.3, 0.4) is 0 Å². The number of benzene rings is 11. The van der Waals surface area contributed by atoms with Crippen molar-refractivity contribution >= 4 is 97.7 Å². The van der Waals surface area contributed by atoms with E-state index in [1.165, 1.54) is 103 Å². The first-order chi connectivity index (χ1) is 33.7. The van der Waals surface area contributed by atoms with Crippen molar-refractivity contribution in [2.75, 3.05) is 4.90 Å². The van der Waals surface area contributed by atoms with Crippen molar-refractivity contribution in [3.8, 4) is 39.1 Å². The Balaban J connectivity index is 0.887. The summed E-state index contributed by atoms with van der Waals surface area (Å²) in [6.45, 7) is 0. The molecule has 0 fully saturated rings. The summed E-state index contributed by atoms with van der Waals surface area (Å²) in [4.78, 5) is 3.68. The van der Waals surface area contributed by atoms with E-state index in [0.717, 1.165) is 22.7 Å². The molecule has 0 amide bonds. The topological polar surface area (TPSA) is 12.6 Å². The number of fused-ring (bicyclic) bond motifs is 11. The molecule has 3 nitrogen and oxygen atoms in total. The maximum Gasteiger partial charge on any atom is 0.109 e. The highest BCUT2D eigenvalue weighted by Gasteiger charge is 2.21. The normalized spacial score (nSPS) is 11.8. The van der Waals surface area contributed by atoms with Gasteiger partial charge in [0.25, 0.3) is 0 Å². The summed E-state index contributed by atoms with van der Waals surface area (Å²) in [5, 5.41) is 8.70. The molecular formula is C64H41N3S. The monoisotopic (exact) mass is 883 g/mol. The van der Waals surface area contributed by atoms with E-state index < -0.39 is 0 Å². The van der Waals surface area contributed by atoms with E-state index in [2.05, 4.69) is 263 Å². The molecule has 0 radical (unpaired) electrons. The molecule has 14 rings (SSSR count). The lowest BCUT2D eigenvalue weighted by molar-refractivity contribution is 1.17. The SMILES string of the molecule is c1ccc(-c2ccc(N(c3cccc(-n4c5ccccc5c5ccccc54)c3)c3ccc4c(ccc5cc(-c6cccc7c6sc6c(-c8ccccc8)c8ccccc8n67)ccc54)c3)cc2)cc1. The van der Waals surface area contributed by atoms with Gasteiger partial charge in [-0.15, -0.1) is 11.3 Å². The maximum atomic E-state index is 2.47. The van der Waals surface area contributed by atoms with Gasteiger partial charge in [0.05, 0.1) is 26.8 Å². The Morgan fingerprint density at radius 2 is 0.868 bits per heavy atom. The molecule has 3 aromatic heterocycles. The molecule has 0 aliphatic heterocycles. The summed E-state index contributed by atoms with van der Waals surface area (Å²) in [7, 11) is 0. The number of hydrogen-bond acceptors (Lipinski definition) is 2. The zero-order valence-electron chi connectivity index (χ0n) is 36.9. The summed E-state index contributed by atoms with van der Waals surface area (Å²) < 4.78 is 6.17. The number of anilines is 3. The summed E-state index contributed by atoms with van der Waals surface area (Å²) in [6.07, 6.45) is 0. The van der Waals surface area contributed by atoms with Crippen LogP contribution >= 0.6 is 11.3 Å². The van der Waals surface area contributed by atoms with Gasteiger partial charge in [0.15, 0.2) is 0 Å². The first-order valence-electron chi connectivity index (χ1n) is 23.2. The molecule has 68 heavy (non-hydrogen) atoms. The van der Waals surface area contributed by atoms with Crippen LogP contribution in [0, 0.1) is 0 Å². The van der Waals surface area contributed by atoms with Gasteiger partial charge >= 0.3 is 0 Å². The lowest BCUT2D eigenvalue weighted by Gasteiger charge is -2.27. The van der Waals surface area contributed by atoms with Gasteiger partial charge in [0, 0.05) is 50.0 Å². The van der Waals surface area contributed by atoms with Crippen molar-refractivity contribution in [2.24, 2.45) is 0 Å². The van der Waals surface area contributed by atoms with Crippen molar-refractivity contribution in [3.05, 3.63) is 249 Å². The molecule has 14 aromatic rings. The Morgan fingerprint density at radius 3 is 1.60 bits per heavy atom. The Bertz CT molecular complexity index is 4200. The minimum absolute atomic E-state index is 1.09. The third kappa shape index (κ3) is 6.05. The van der Waals surface area contributed by atoms with E-state index in [9.17, 15) is 0 Å². The second-order valence-electron chi connectivity index (χ2n) is 17.7. The van der Waals surface area contributed by atoms with Crippen LogP contribution in [0.5, 0.6) is 0 Å². The number of hydrogen-bond donors (Lipinski definition) is 0. The quantitative estimate of drug-likeness (QED) is 0.145. The van der Waals surface area contributed by atoms with Crippen LogP contribution < -0.4 is 4.90 Å². The minimum Gasteiger partial charge on any atom is -0.310 e. The number of para-hydroxylation sites is 3. The van der Waals surface area contributed by atoms with Gasteiger partial charge in [-0.3, -0.25) is 4.40 Å². The van der Waals surface area contributed by atoms with Crippen LogP contribution in [0.4, 0.5) is 17.1 Å². The Hall–Kier alpha value is -8.70. The molecule has 318 valence electrons. The molecule has 4 heteroatoms. The Labute approximate surface area is 397 Å². The first kappa shape index (κ1) is 38.6. The van der Waals surface area contributed by atoms with Crippen molar-refractivity contribution in [1.82, 2.24) is 8.97 Å². The van der Waals surface area contributed by atoms with E-state index in [0.29, 0.717) is 0 Å². The molecule has 0 spiro atoms. The average molecular weight is 884 g/mol. The van der Waals surface area contributed by atoms with Gasteiger partial charge in [-0.1, -0.05) is 176 Å². The zero-order valence-corrected chi connectivity index (χ0v) is 37.7. The summed E-state index contributed by atoms with van der Waals surface area (Å²) in [6, 6.07) is 91.0. The van der Waals surface area contributed by atoms with Gasteiger partial charge in [-0.2, -0.15) is 0 Å². The molecule has 3 heterocycles. The fourth-order valence-electron chi connectivity index (χ4n) is 10.8. The predicted octanol–water partition coefficient (Wildman–Crippen LogP) is 18.2. The van der Waals surface area contributed by atoms with Gasteiger partial charge < -0.3 is 9.47 Å². The largest absolute Gasteiger partial charge is 0.310 e. The van der Waals surface area contributed by atoms with Crippen molar-refractivity contribution in [3.63, 3.8) is 0 Å². The van der Waals surface area contributed by atoms with Gasteiger partial charge in [0.1, 0.15) is 4.83 Å². The van der Waals surface area contributed by atoms with E-state index in [4.69, 9.17) is 0 Å². The summed E-state index contributed by atoms with van der Waals surface area (Å²) in [5.74, 6) is 0. The number of thiazole rings is 1. The van der Waals surface area contributed by atoms with Crippen LogP contribution in [0.25, 0.3) is 108 Å². The van der Waals surface area contributed by atoms with Crippen molar-refractivity contribution < 1.29 is 0 Å². The fourth-order valence-corrected chi connectivity index (χ4v) is 12.2. The molecular weight excluding hydrogens is 843 g/mol. The van der Waals surface area contributed by atoms with E-state index in [-0.39, 0.29) is 0 Å². The van der Waals surface area contributed by atoms with Crippen LogP contribution in [-0.2, 0) is 0 Å². The smallest absolute Gasteiger partial charge is 0.109 e. The summed E-state index contributed by atoms with van der Waals surface area (Å²) in [5.41, 5.74) is 16.7.